The number of ether oxygens (including phenoxy) is 1. The van der Waals surface area contributed by atoms with Crippen LogP contribution in [-0.4, -0.2) is 23.6 Å². The van der Waals surface area contributed by atoms with E-state index in [2.05, 4.69) is 19.9 Å². The van der Waals surface area contributed by atoms with Gasteiger partial charge in [0.05, 0.1) is 7.11 Å². The third-order valence-corrected chi connectivity index (χ3v) is 4.59. The van der Waals surface area contributed by atoms with Crippen LogP contribution in [-0.2, 0) is 6.42 Å². The number of hydrogen-bond acceptors (Lipinski definition) is 4. The Balaban J connectivity index is 2.43. The maximum atomic E-state index is 9.98. The molecule has 0 aliphatic heterocycles. The average molecular weight is 356 g/mol. The maximum absolute atomic E-state index is 9.98. The van der Waals surface area contributed by atoms with Crippen molar-refractivity contribution in [1.82, 2.24) is 0 Å². The van der Waals surface area contributed by atoms with Crippen molar-refractivity contribution in [3.63, 3.8) is 0 Å². The predicted molar refractivity (Wildman–Crippen MR) is 107 cm³/mol. The average Bonchev–Trinajstić information content (AvgIpc) is 2.59. The molecule has 2 aromatic rings. The molecule has 0 saturated carbocycles. The van der Waals surface area contributed by atoms with Gasteiger partial charge in [-0.25, -0.2) is 0 Å². The molecule has 0 atom stereocenters. The van der Waals surface area contributed by atoms with Gasteiger partial charge in [-0.2, -0.15) is 0 Å². The summed E-state index contributed by atoms with van der Waals surface area (Å²) in [7, 11) is 1.61. The molecule has 2 rings (SSSR count). The van der Waals surface area contributed by atoms with Crippen LogP contribution in [0.3, 0.4) is 0 Å². The number of phenols is 2. The normalized spacial score (nSPS) is 10.9. The number of aromatic hydroxyl groups is 2. The SMILES string of the molecule is COc1cc(O)cc(/C=C/c2ccc(O)c(SC)c2)c1CC=C(C)C. The van der Waals surface area contributed by atoms with Gasteiger partial charge in [0.2, 0.25) is 0 Å². The lowest BCUT2D eigenvalue weighted by molar-refractivity contribution is 0.403. The van der Waals surface area contributed by atoms with Crippen molar-refractivity contribution >= 4 is 23.9 Å². The monoisotopic (exact) mass is 356 g/mol. The zero-order valence-corrected chi connectivity index (χ0v) is 15.9. The summed E-state index contributed by atoms with van der Waals surface area (Å²) in [6.07, 6.45) is 8.74. The molecular weight excluding hydrogens is 332 g/mol. The fourth-order valence-corrected chi connectivity index (χ4v) is 3.02. The van der Waals surface area contributed by atoms with E-state index in [1.165, 1.54) is 17.3 Å². The van der Waals surface area contributed by atoms with Crippen LogP contribution >= 0.6 is 11.8 Å². The van der Waals surface area contributed by atoms with Gasteiger partial charge >= 0.3 is 0 Å². The summed E-state index contributed by atoms with van der Waals surface area (Å²) < 4.78 is 5.44. The fraction of sp³-hybridized carbons (Fsp3) is 0.238. The van der Waals surface area contributed by atoms with Gasteiger partial charge in [-0.05, 0) is 55.9 Å². The van der Waals surface area contributed by atoms with Crippen molar-refractivity contribution in [2.24, 2.45) is 0 Å². The van der Waals surface area contributed by atoms with Crippen LogP contribution in [0.1, 0.15) is 30.5 Å². The van der Waals surface area contributed by atoms with Crippen LogP contribution in [0.25, 0.3) is 12.2 Å². The number of benzene rings is 2. The first kappa shape index (κ1) is 19.0. The molecule has 2 aromatic carbocycles. The quantitative estimate of drug-likeness (QED) is 0.407. The smallest absolute Gasteiger partial charge is 0.129 e. The largest absolute Gasteiger partial charge is 0.508 e. The van der Waals surface area contributed by atoms with Crippen LogP contribution < -0.4 is 4.74 Å². The van der Waals surface area contributed by atoms with Gasteiger partial charge in [-0.1, -0.05) is 29.9 Å². The molecule has 3 nitrogen and oxygen atoms in total. The van der Waals surface area contributed by atoms with Gasteiger partial charge in [0.15, 0.2) is 0 Å². The number of hydrogen-bond donors (Lipinski definition) is 2. The molecule has 0 heterocycles. The summed E-state index contributed by atoms with van der Waals surface area (Å²) in [5, 5.41) is 19.8. The standard InChI is InChI=1S/C21H24O3S/c1-14(2)5-9-18-16(12-17(22)13-20(18)24-3)8-6-15-7-10-19(23)21(11-15)25-4/h5-8,10-13,22-23H,9H2,1-4H3/b8-6+. The summed E-state index contributed by atoms with van der Waals surface area (Å²) in [4.78, 5) is 0.834. The van der Waals surface area contributed by atoms with Crippen molar-refractivity contribution in [3.8, 4) is 17.2 Å². The van der Waals surface area contributed by atoms with Crippen molar-refractivity contribution in [1.29, 1.82) is 0 Å². The zero-order valence-electron chi connectivity index (χ0n) is 15.0. The Hall–Kier alpha value is -2.33. The summed E-state index contributed by atoms with van der Waals surface area (Å²) in [6, 6.07) is 8.87. The molecule has 132 valence electrons. The molecular formula is C21H24O3S. The Bertz CT molecular complexity index is 803. The Kier molecular flexibility index (Phi) is 6.59. The summed E-state index contributed by atoms with van der Waals surface area (Å²) in [5.41, 5.74) is 4.15. The van der Waals surface area contributed by atoms with Crippen molar-refractivity contribution in [2.75, 3.05) is 13.4 Å². The van der Waals surface area contributed by atoms with E-state index in [1.807, 2.05) is 30.5 Å². The third kappa shape index (κ3) is 5.07. The first-order valence-corrected chi connectivity index (χ1v) is 9.25. The number of phenolic OH excluding ortho intramolecular Hbond substituents is 2. The van der Waals surface area contributed by atoms with E-state index in [1.54, 1.807) is 25.3 Å². The minimum atomic E-state index is 0.174. The highest BCUT2D eigenvalue weighted by Crippen LogP contribution is 2.31. The lowest BCUT2D eigenvalue weighted by atomic mass is 10.00. The van der Waals surface area contributed by atoms with Crippen LogP contribution in [0.4, 0.5) is 0 Å². The Morgan fingerprint density at radius 3 is 2.52 bits per heavy atom. The highest BCUT2D eigenvalue weighted by Gasteiger charge is 2.09. The Labute approximate surface area is 153 Å². The van der Waals surface area contributed by atoms with Gasteiger partial charge < -0.3 is 14.9 Å². The second kappa shape index (κ2) is 8.67. The molecule has 4 heteroatoms. The van der Waals surface area contributed by atoms with E-state index in [0.717, 1.165) is 28.0 Å². The summed E-state index contributed by atoms with van der Waals surface area (Å²) >= 11 is 1.50. The minimum Gasteiger partial charge on any atom is -0.508 e. The van der Waals surface area contributed by atoms with Crippen LogP contribution in [0, 0.1) is 0 Å². The first-order valence-electron chi connectivity index (χ1n) is 8.03. The third-order valence-electron chi connectivity index (χ3n) is 3.82. The maximum Gasteiger partial charge on any atom is 0.129 e. The van der Waals surface area contributed by atoms with Crippen LogP contribution in [0.15, 0.2) is 46.9 Å². The second-order valence-corrected chi connectivity index (χ2v) is 6.81. The number of allylic oxidation sites excluding steroid dienone is 2. The Morgan fingerprint density at radius 2 is 1.88 bits per heavy atom. The number of methoxy groups -OCH3 is 1. The summed E-state index contributed by atoms with van der Waals surface area (Å²) in [5.74, 6) is 1.13. The van der Waals surface area contributed by atoms with Crippen molar-refractivity contribution < 1.29 is 14.9 Å². The molecule has 0 aliphatic carbocycles. The zero-order chi connectivity index (χ0) is 18.4. The minimum absolute atomic E-state index is 0.174. The van der Waals surface area contributed by atoms with Gasteiger partial charge in [-0.3, -0.25) is 0 Å². The molecule has 0 spiro atoms. The number of thioether (sulfide) groups is 1. The van der Waals surface area contributed by atoms with Gasteiger partial charge in [0.25, 0.3) is 0 Å². The Morgan fingerprint density at radius 1 is 1.12 bits per heavy atom. The molecule has 0 saturated heterocycles. The summed E-state index contributed by atoms with van der Waals surface area (Å²) in [6.45, 7) is 4.12. The van der Waals surface area contributed by atoms with E-state index in [4.69, 9.17) is 4.74 Å². The molecule has 0 bridgehead atoms. The molecule has 0 radical (unpaired) electrons. The van der Waals surface area contributed by atoms with Crippen molar-refractivity contribution in [2.45, 2.75) is 25.2 Å². The van der Waals surface area contributed by atoms with Crippen molar-refractivity contribution in [3.05, 3.63) is 58.7 Å². The molecule has 2 N–H and O–H groups in total. The molecule has 25 heavy (non-hydrogen) atoms. The van der Waals surface area contributed by atoms with Crippen LogP contribution in [0.2, 0.25) is 0 Å². The molecule has 0 aromatic heterocycles. The van der Waals surface area contributed by atoms with Crippen LogP contribution in [0.5, 0.6) is 17.2 Å². The van der Waals surface area contributed by atoms with Gasteiger partial charge in [-0.15, -0.1) is 11.8 Å². The molecule has 0 fully saturated rings. The van der Waals surface area contributed by atoms with E-state index in [0.29, 0.717) is 5.75 Å². The molecule has 0 amide bonds. The molecule has 0 unspecified atom stereocenters. The molecule has 0 aliphatic rings. The van der Waals surface area contributed by atoms with E-state index in [9.17, 15) is 10.2 Å². The van der Waals surface area contributed by atoms with E-state index >= 15 is 0 Å². The van der Waals surface area contributed by atoms with E-state index in [-0.39, 0.29) is 11.5 Å². The lowest BCUT2D eigenvalue weighted by Gasteiger charge is -2.12. The predicted octanol–water partition coefficient (Wildman–Crippen LogP) is 5.51. The fourth-order valence-electron chi connectivity index (χ4n) is 2.49. The van der Waals surface area contributed by atoms with E-state index < -0.39 is 0 Å². The highest BCUT2D eigenvalue weighted by molar-refractivity contribution is 7.98. The first-order chi connectivity index (χ1) is 11.9. The second-order valence-electron chi connectivity index (χ2n) is 5.97. The number of rotatable bonds is 6. The topological polar surface area (TPSA) is 49.7 Å². The van der Waals surface area contributed by atoms with Gasteiger partial charge in [0, 0.05) is 16.5 Å². The lowest BCUT2D eigenvalue weighted by Crippen LogP contribution is -1.95. The highest BCUT2D eigenvalue weighted by atomic mass is 32.2. The van der Waals surface area contributed by atoms with Gasteiger partial charge in [0.1, 0.15) is 17.2 Å².